The molecule has 16 heavy (non-hydrogen) atoms. The predicted octanol–water partition coefficient (Wildman–Crippen LogP) is 2.40. The molecule has 0 spiro atoms. The number of benzene rings is 2. The zero-order valence-electron chi connectivity index (χ0n) is 8.18. The van der Waals surface area contributed by atoms with E-state index in [1.54, 1.807) is 24.5 Å². The van der Waals surface area contributed by atoms with Crippen molar-refractivity contribution in [3.63, 3.8) is 0 Å². The average Bonchev–Trinajstić information content (AvgIpc) is 2.29. The Morgan fingerprint density at radius 2 is 2.12 bits per heavy atom. The lowest BCUT2D eigenvalue weighted by atomic mass is 10.1. The van der Waals surface area contributed by atoms with Gasteiger partial charge in [0.1, 0.15) is 5.75 Å². The lowest BCUT2D eigenvalue weighted by Gasteiger charge is -2.03. The summed E-state index contributed by atoms with van der Waals surface area (Å²) in [6, 6.07) is 9.88. The second kappa shape index (κ2) is 3.91. The summed E-state index contributed by atoms with van der Waals surface area (Å²) in [5.41, 5.74) is 0.168. The fourth-order valence-corrected chi connectivity index (χ4v) is 1.52. The largest absolute Gasteiger partial charge is 0.478 e. The van der Waals surface area contributed by atoms with Gasteiger partial charge >= 0.3 is 5.97 Å². The Labute approximate surface area is 91.3 Å². The summed E-state index contributed by atoms with van der Waals surface area (Å²) in [5.74, 6) is -0.642. The summed E-state index contributed by atoms with van der Waals surface area (Å²) in [5, 5.41) is 18.8. The van der Waals surface area contributed by atoms with Crippen LogP contribution in [0.1, 0.15) is 10.4 Å². The Bertz CT molecular complexity index is 599. The zero-order valence-corrected chi connectivity index (χ0v) is 8.18. The van der Waals surface area contributed by atoms with Crippen LogP contribution in [0.25, 0.3) is 10.8 Å². The number of carboxylic acid groups (broad SMARTS) is 1. The molecular weight excluding hydrogens is 206 g/mol. The van der Waals surface area contributed by atoms with Gasteiger partial charge in [0.05, 0.1) is 5.56 Å². The molecule has 0 aromatic heterocycles. The smallest absolute Gasteiger partial charge is 0.335 e. The maximum atomic E-state index is 10.8. The number of nitriles is 1. The third-order valence-electron chi connectivity index (χ3n) is 2.24. The zero-order chi connectivity index (χ0) is 11.5. The van der Waals surface area contributed by atoms with Crippen molar-refractivity contribution in [2.24, 2.45) is 0 Å². The molecule has 0 fully saturated rings. The summed E-state index contributed by atoms with van der Waals surface area (Å²) < 4.78 is 4.77. The highest BCUT2D eigenvalue weighted by Crippen LogP contribution is 2.26. The summed E-state index contributed by atoms with van der Waals surface area (Å²) >= 11 is 0. The fourth-order valence-electron chi connectivity index (χ4n) is 1.52. The maximum Gasteiger partial charge on any atom is 0.335 e. The van der Waals surface area contributed by atoms with Gasteiger partial charge < -0.3 is 9.84 Å². The predicted molar refractivity (Wildman–Crippen MR) is 57.1 cm³/mol. The van der Waals surface area contributed by atoms with Crippen LogP contribution in [0.4, 0.5) is 0 Å². The number of nitrogens with zero attached hydrogens (tertiary/aromatic N) is 1. The third-order valence-corrected chi connectivity index (χ3v) is 2.24. The Morgan fingerprint density at radius 3 is 2.81 bits per heavy atom. The van der Waals surface area contributed by atoms with Crippen molar-refractivity contribution in [3.8, 4) is 12.0 Å². The molecule has 0 amide bonds. The van der Waals surface area contributed by atoms with Gasteiger partial charge in [-0.2, -0.15) is 0 Å². The molecule has 78 valence electrons. The molecule has 0 radical (unpaired) electrons. The minimum absolute atomic E-state index is 0.168. The molecule has 0 heterocycles. The molecule has 1 N–H and O–H groups in total. The highest BCUT2D eigenvalue weighted by molar-refractivity contribution is 5.96. The van der Waals surface area contributed by atoms with Crippen molar-refractivity contribution in [3.05, 3.63) is 42.0 Å². The summed E-state index contributed by atoms with van der Waals surface area (Å²) in [6.07, 6.45) is 1.58. The van der Waals surface area contributed by atoms with Gasteiger partial charge in [-0.1, -0.05) is 18.2 Å². The van der Waals surface area contributed by atoms with Crippen LogP contribution in [0, 0.1) is 11.5 Å². The number of carboxylic acids is 1. The minimum atomic E-state index is -1.01. The third kappa shape index (κ3) is 1.66. The number of ether oxygens (including phenoxy) is 1. The molecule has 0 bridgehead atoms. The Hall–Kier alpha value is -2.54. The van der Waals surface area contributed by atoms with E-state index >= 15 is 0 Å². The van der Waals surface area contributed by atoms with Crippen LogP contribution in [-0.4, -0.2) is 11.1 Å². The second-order valence-corrected chi connectivity index (χ2v) is 3.19. The number of aromatic carboxylic acids is 1. The second-order valence-electron chi connectivity index (χ2n) is 3.19. The summed E-state index contributed by atoms with van der Waals surface area (Å²) in [7, 11) is 0. The first-order chi connectivity index (χ1) is 7.72. The minimum Gasteiger partial charge on any atom is -0.478 e. The van der Waals surface area contributed by atoms with Crippen LogP contribution >= 0.6 is 0 Å². The van der Waals surface area contributed by atoms with Crippen molar-refractivity contribution >= 4 is 16.7 Å². The van der Waals surface area contributed by atoms with Gasteiger partial charge in [0, 0.05) is 5.39 Å². The first-order valence-corrected chi connectivity index (χ1v) is 4.54. The normalized spacial score (nSPS) is 9.69. The molecule has 0 atom stereocenters. The monoisotopic (exact) mass is 213 g/mol. The highest BCUT2D eigenvalue weighted by Gasteiger charge is 2.07. The molecule has 2 aromatic rings. The van der Waals surface area contributed by atoms with Gasteiger partial charge in [-0.15, -0.1) is 5.26 Å². The van der Waals surface area contributed by atoms with Crippen molar-refractivity contribution in [2.45, 2.75) is 0 Å². The number of rotatable bonds is 2. The fraction of sp³-hybridized carbons (Fsp3) is 0. The molecule has 2 aromatic carbocycles. The van der Waals surface area contributed by atoms with Crippen LogP contribution in [0.3, 0.4) is 0 Å². The maximum absolute atomic E-state index is 10.8. The van der Waals surface area contributed by atoms with Crippen LogP contribution in [0.2, 0.25) is 0 Å². The van der Waals surface area contributed by atoms with E-state index in [2.05, 4.69) is 0 Å². The average molecular weight is 213 g/mol. The number of hydrogen-bond donors (Lipinski definition) is 1. The van der Waals surface area contributed by atoms with E-state index in [0.29, 0.717) is 11.1 Å². The number of hydrogen-bond acceptors (Lipinski definition) is 3. The van der Waals surface area contributed by atoms with Crippen molar-refractivity contribution in [2.75, 3.05) is 0 Å². The van der Waals surface area contributed by atoms with Crippen molar-refractivity contribution in [1.29, 1.82) is 5.26 Å². The standard InChI is InChI=1S/C12H7NO3/c13-7-16-11-3-1-2-8-4-5-9(12(14)15)6-10(8)11/h1-6H,(H,14,15). The van der Waals surface area contributed by atoms with Gasteiger partial charge in [0.2, 0.25) is 0 Å². The van der Waals surface area contributed by atoms with Gasteiger partial charge in [-0.25, -0.2) is 4.79 Å². The molecule has 0 saturated carbocycles. The van der Waals surface area contributed by atoms with E-state index in [0.717, 1.165) is 5.39 Å². The molecule has 0 aliphatic heterocycles. The van der Waals surface area contributed by atoms with Crippen LogP contribution in [0.5, 0.6) is 5.75 Å². The van der Waals surface area contributed by atoms with Crippen molar-refractivity contribution < 1.29 is 14.6 Å². The molecule has 0 saturated heterocycles. The number of fused-ring (bicyclic) bond motifs is 1. The Morgan fingerprint density at radius 1 is 1.31 bits per heavy atom. The van der Waals surface area contributed by atoms with E-state index in [-0.39, 0.29) is 5.56 Å². The van der Waals surface area contributed by atoms with Gasteiger partial charge in [-0.3, -0.25) is 0 Å². The van der Waals surface area contributed by atoms with Gasteiger partial charge in [-0.05, 0) is 23.6 Å². The van der Waals surface area contributed by atoms with Gasteiger partial charge in [0.15, 0.2) is 0 Å². The highest BCUT2D eigenvalue weighted by atomic mass is 16.5. The van der Waals surface area contributed by atoms with Crippen LogP contribution in [-0.2, 0) is 0 Å². The molecule has 0 aliphatic carbocycles. The summed E-state index contributed by atoms with van der Waals surface area (Å²) in [4.78, 5) is 10.8. The van der Waals surface area contributed by atoms with Gasteiger partial charge in [0.25, 0.3) is 6.26 Å². The molecule has 0 aliphatic rings. The topological polar surface area (TPSA) is 70.3 Å². The quantitative estimate of drug-likeness (QED) is 0.777. The Kier molecular flexibility index (Phi) is 2.44. The van der Waals surface area contributed by atoms with Crippen LogP contribution < -0.4 is 4.74 Å². The molecular formula is C12H7NO3. The van der Waals surface area contributed by atoms with Crippen molar-refractivity contribution in [1.82, 2.24) is 0 Å². The lowest BCUT2D eigenvalue weighted by molar-refractivity contribution is 0.0697. The number of carbonyl (C=O) groups is 1. The first-order valence-electron chi connectivity index (χ1n) is 4.54. The molecule has 0 unspecified atom stereocenters. The van der Waals surface area contributed by atoms with E-state index in [9.17, 15) is 4.79 Å². The summed E-state index contributed by atoms with van der Waals surface area (Å²) in [6.45, 7) is 0. The van der Waals surface area contributed by atoms with Crippen LogP contribution in [0.15, 0.2) is 36.4 Å². The first kappa shape index (κ1) is 9.99. The van der Waals surface area contributed by atoms with E-state index < -0.39 is 5.97 Å². The van der Waals surface area contributed by atoms with E-state index in [4.69, 9.17) is 15.1 Å². The lowest BCUT2D eigenvalue weighted by Crippen LogP contribution is -1.95. The SMILES string of the molecule is N#COc1cccc2ccc(C(=O)O)cc12. The molecule has 4 heteroatoms. The molecule has 2 rings (SSSR count). The Balaban J connectivity index is 2.69. The van der Waals surface area contributed by atoms with E-state index in [1.807, 2.05) is 6.07 Å². The molecule has 4 nitrogen and oxygen atoms in total. The van der Waals surface area contributed by atoms with E-state index in [1.165, 1.54) is 12.1 Å².